The zero-order valence-electron chi connectivity index (χ0n) is 21.6. The van der Waals surface area contributed by atoms with Gasteiger partial charge in [-0.25, -0.2) is 4.79 Å². The van der Waals surface area contributed by atoms with E-state index in [4.69, 9.17) is 18.7 Å². The Hall–Kier alpha value is -3.36. The van der Waals surface area contributed by atoms with E-state index in [1.54, 1.807) is 17.0 Å². The minimum Gasteiger partial charge on any atom is -0.508 e. The predicted octanol–water partition coefficient (Wildman–Crippen LogP) is 5.40. The summed E-state index contributed by atoms with van der Waals surface area (Å²) in [4.78, 5) is 14.4. The first-order chi connectivity index (χ1) is 17.8. The summed E-state index contributed by atoms with van der Waals surface area (Å²) in [7, 11) is 0. The molecule has 0 bridgehead atoms. The third kappa shape index (κ3) is 5.65. The normalized spacial score (nSPS) is 19.0. The Morgan fingerprint density at radius 3 is 2.51 bits per heavy atom. The second-order valence-electron chi connectivity index (χ2n) is 10.8. The van der Waals surface area contributed by atoms with Gasteiger partial charge in [0, 0.05) is 12.1 Å². The smallest absolute Gasteiger partial charge is 0.410 e. The van der Waals surface area contributed by atoms with Crippen molar-refractivity contribution in [2.24, 2.45) is 0 Å². The third-order valence-corrected chi connectivity index (χ3v) is 6.77. The fourth-order valence-corrected chi connectivity index (χ4v) is 4.67. The number of benzene rings is 2. The molecule has 2 fully saturated rings. The number of amides is 1. The number of carbonyl (C=O) groups excluding carboxylic acids is 1. The fraction of sp³-hybridized carbons (Fsp3) is 0.448. The average molecular weight is 507 g/mol. The maximum absolute atomic E-state index is 12.7. The zero-order valence-corrected chi connectivity index (χ0v) is 21.6. The van der Waals surface area contributed by atoms with Crippen molar-refractivity contribution < 1.29 is 28.6 Å². The van der Waals surface area contributed by atoms with Crippen LogP contribution in [-0.2, 0) is 19.6 Å². The number of carbonyl (C=O) groups is 1. The van der Waals surface area contributed by atoms with Gasteiger partial charge >= 0.3 is 6.09 Å². The summed E-state index contributed by atoms with van der Waals surface area (Å²) in [6.45, 7) is 7.76. The van der Waals surface area contributed by atoms with Gasteiger partial charge in [0.1, 0.15) is 17.0 Å². The van der Waals surface area contributed by atoms with Crippen LogP contribution in [0, 0.1) is 0 Å². The average Bonchev–Trinajstić information content (AvgIpc) is 3.52. The molecule has 2 aliphatic rings. The first-order valence-corrected chi connectivity index (χ1v) is 12.8. The van der Waals surface area contributed by atoms with Crippen molar-refractivity contribution in [3.8, 4) is 28.1 Å². The molecule has 8 heteroatoms. The molecule has 0 spiro atoms. The van der Waals surface area contributed by atoms with Gasteiger partial charge < -0.3 is 23.8 Å². The van der Waals surface area contributed by atoms with E-state index in [9.17, 15) is 9.90 Å². The van der Waals surface area contributed by atoms with Crippen LogP contribution in [0.2, 0.25) is 0 Å². The molecule has 0 radical (unpaired) electrons. The number of morpholine rings is 1. The maximum atomic E-state index is 12.7. The van der Waals surface area contributed by atoms with Crippen molar-refractivity contribution in [3.63, 3.8) is 0 Å². The first kappa shape index (κ1) is 25.3. The lowest BCUT2D eigenvalue weighted by Crippen LogP contribution is -2.52. The monoisotopic (exact) mass is 506 g/mol. The van der Waals surface area contributed by atoms with Crippen LogP contribution in [0.1, 0.15) is 39.4 Å². The quantitative estimate of drug-likeness (QED) is 0.459. The molecule has 5 rings (SSSR count). The van der Waals surface area contributed by atoms with Gasteiger partial charge in [0.05, 0.1) is 43.4 Å². The van der Waals surface area contributed by atoms with Gasteiger partial charge in [-0.3, -0.25) is 4.90 Å². The van der Waals surface area contributed by atoms with Crippen LogP contribution in [0.4, 0.5) is 4.79 Å². The van der Waals surface area contributed by atoms with Crippen LogP contribution < -0.4 is 0 Å². The van der Waals surface area contributed by atoms with Crippen molar-refractivity contribution in [2.75, 3.05) is 33.0 Å². The highest BCUT2D eigenvalue weighted by atomic mass is 16.6. The van der Waals surface area contributed by atoms with Crippen LogP contribution >= 0.6 is 0 Å². The molecule has 1 amide bonds. The zero-order chi connectivity index (χ0) is 26.0. The van der Waals surface area contributed by atoms with E-state index in [0.29, 0.717) is 33.0 Å². The number of phenolic OH excluding ortho intramolecular Hbond substituents is 1. The van der Waals surface area contributed by atoms with Crippen LogP contribution in [0.15, 0.2) is 59.1 Å². The van der Waals surface area contributed by atoms with Gasteiger partial charge in [-0.2, -0.15) is 0 Å². The minimum atomic E-state index is -0.561. The van der Waals surface area contributed by atoms with E-state index in [1.807, 2.05) is 51.1 Å². The van der Waals surface area contributed by atoms with E-state index in [2.05, 4.69) is 17.3 Å². The molecule has 1 atom stereocenters. The molecule has 1 saturated heterocycles. The van der Waals surface area contributed by atoms with Crippen molar-refractivity contribution in [1.29, 1.82) is 0 Å². The molecule has 1 aromatic heterocycles. The van der Waals surface area contributed by atoms with Gasteiger partial charge in [-0.05, 0) is 63.4 Å². The molecule has 1 saturated carbocycles. The molecule has 3 aromatic rings. The number of hydrogen-bond acceptors (Lipinski definition) is 7. The van der Waals surface area contributed by atoms with Crippen molar-refractivity contribution in [3.05, 3.63) is 60.4 Å². The Labute approximate surface area is 217 Å². The van der Waals surface area contributed by atoms with Crippen LogP contribution in [-0.4, -0.2) is 65.9 Å². The van der Waals surface area contributed by atoms with Crippen LogP contribution in [0.3, 0.4) is 0 Å². The summed E-state index contributed by atoms with van der Waals surface area (Å²) in [5.74, 6) is 1.01. The molecule has 1 N–H and O–H groups in total. The van der Waals surface area contributed by atoms with Gasteiger partial charge in [-0.1, -0.05) is 35.5 Å². The predicted molar refractivity (Wildman–Crippen MR) is 138 cm³/mol. The lowest BCUT2D eigenvalue weighted by Gasteiger charge is -2.36. The Bertz CT molecular complexity index is 1210. The highest BCUT2D eigenvalue weighted by Crippen LogP contribution is 2.53. The highest BCUT2D eigenvalue weighted by molar-refractivity contribution is 5.83. The number of rotatable bonds is 7. The molecule has 1 aliphatic heterocycles. The van der Waals surface area contributed by atoms with E-state index < -0.39 is 5.60 Å². The Balaban J connectivity index is 1.34. The fourth-order valence-electron chi connectivity index (χ4n) is 4.67. The summed E-state index contributed by atoms with van der Waals surface area (Å²) in [6.07, 6.45) is 1.51. The van der Waals surface area contributed by atoms with Crippen molar-refractivity contribution in [1.82, 2.24) is 10.1 Å². The van der Waals surface area contributed by atoms with Gasteiger partial charge in [0.25, 0.3) is 0 Å². The highest BCUT2D eigenvalue weighted by Gasteiger charge is 2.50. The van der Waals surface area contributed by atoms with Crippen LogP contribution in [0.25, 0.3) is 22.4 Å². The lowest BCUT2D eigenvalue weighted by atomic mass is 9.92. The van der Waals surface area contributed by atoms with E-state index in [-0.39, 0.29) is 23.3 Å². The largest absolute Gasteiger partial charge is 0.508 e. The van der Waals surface area contributed by atoms with Gasteiger partial charge in [-0.15, -0.1) is 0 Å². The summed E-state index contributed by atoms with van der Waals surface area (Å²) in [5, 5.41) is 14.2. The molecule has 8 nitrogen and oxygen atoms in total. The molecular weight excluding hydrogens is 472 g/mol. The third-order valence-electron chi connectivity index (χ3n) is 6.77. The molecule has 196 valence electrons. The van der Waals surface area contributed by atoms with Gasteiger partial charge in [0.15, 0.2) is 5.76 Å². The molecule has 1 unspecified atom stereocenters. The number of ether oxygens (including phenoxy) is 3. The lowest BCUT2D eigenvalue weighted by molar-refractivity contribution is -0.0566. The molecule has 37 heavy (non-hydrogen) atoms. The number of nitrogens with zero attached hydrogens (tertiary/aromatic N) is 2. The van der Waals surface area contributed by atoms with Crippen LogP contribution in [0.5, 0.6) is 5.75 Å². The topological polar surface area (TPSA) is 94.3 Å². The Morgan fingerprint density at radius 2 is 1.84 bits per heavy atom. The number of aromatic hydroxyl groups is 1. The minimum absolute atomic E-state index is 0.202. The van der Waals surface area contributed by atoms with Crippen molar-refractivity contribution in [2.45, 2.75) is 50.7 Å². The standard InChI is InChI=1S/C29H34N2O6/c1-28(2,3)36-27(33)31-15-16-34-17-22(31)18-35-19-29(13-14-29)26-24(20-7-5-4-6-8-20)25(30-37-26)21-9-11-23(32)12-10-21/h4-12,22,32H,13-19H2,1-3H3. The Morgan fingerprint density at radius 1 is 1.11 bits per heavy atom. The number of phenols is 1. The molecule has 1 aliphatic carbocycles. The summed E-state index contributed by atoms with van der Waals surface area (Å²) < 4.78 is 23.5. The van der Waals surface area contributed by atoms with Gasteiger partial charge in [0.2, 0.25) is 0 Å². The molecule has 2 aromatic carbocycles. The molecule has 2 heterocycles. The summed E-state index contributed by atoms with van der Waals surface area (Å²) in [6, 6.07) is 16.8. The van der Waals surface area contributed by atoms with E-state index >= 15 is 0 Å². The van der Waals surface area contributed by atoms with Crippen molar-refractivity contribution >= 4 is 6.09 Å². The first-order valence-electron chi connectivity index (χ1n) is 12.8. The second-order valence-corrected chi connectivity index (χ2v) is 10.8. The second kappa shape index (κ2) is 10.2. The molecular formula is C29H34N2O6. The summed E-state index contributed by atoms with van der Waals surface area (Å²) in [5.41, 5.74) is 2.74. The maximum Gasteiger partial charge on any atom is 0.410 e. The number of aromatic nitrogens is 1. The SMILES string of the molecule is CC(C)(C)OC(=O)N1CCOCC1COCC1(c2onc(-c3ccc(O)cc3)c2-c2ccccc2)CC1. The Kier molecular flexibility index (Phi) is 6.96. The van der Waals surface area contributed by atoms with E-state index in [0.717, 1.165) is 41.0 Å². The number of hydrogen-bond donors (Lipinski definition) is 1. The van der Waals surface area contributed by atoms with E-state index in [1.165, 1.54) is 0 Å². The summed E-state index contributed by atoms with van der Waals surface area (Å²) >= 11 is 0.